The third-order valence-electron chi connectivity index (χ3n) is 4.40. The first kappa shape index (κ1) is 17.3. The van der Waals surface area contributed by atoms with E-state index in [1.54, 1.807) is 19.2 Å². The fourth-order valence-corrected chi connectivity index (χ4v) is 3.38. The molecule has 0 spiro atoms. The minimum absolute atomic E-state index is 0.0986. The van der Waals surface area contributed by atoms with Gasteiger partial charge in [-0.2, -0.15) is 9.97 Å². The van der Waals surface area contributed by atoms with Gasteiger partial charge in [0.2, 0.25) is 0 Å². The zero-order valence-corrected chi connectivity index (χ0v) is 15.5. The predicted molar refractivity (Wildman–Crippen MR) is 103 cm³/mol. The number of nitrogens with one attached hydrogen (secondary N) is 1. The third kappa shape index (κ3) is 2.98. The fraction of sp³-hybridized carbons (Fsp3) is 0.150. The van der Waals surface area contributed by atoms with E-state index in [-0.39, 0.29) is 11.8 Å². The molecule has 0 fully saturated rings. The summed E-state index contributed by atoms with van der Waals surface area (Å²) in [6.07, 6.45) is 0. The van der Waals surface area contributed by atoms with E-state index in [0.29, 0.717) is 40.0 Å². The number of carbonyl (C=O) groups is 1. The number of nitrogens with zero attached hydrogens (tertiary/aromatic N) is 2. The average Bonchev–Trinajstić information content (AvgIpc) is 2.99. The van der Waals surface area contributed by atoms with Crippen molar-refractivity contribution in [2.45, 2.75) is 6.54 Å². The van der Waals surface area contributed by atoms with E-state index in [2.05, 4.69) is 15.3 Å². The number of rotatable bonds is 5. The first-order valence-corrected chi connectivity index (χ1v) is 8.66. The lowest BCUT2D eigenvalue weighted by atomic mass is 10.1. The van der Waals surface area contributed by atoms with Crippen LogP contribution >= 0.6 is 11.6 Å². The molecule has 1 heterocycles. The number of ketones is 1. The van der Waals surface area contributed by atoms with Crippen molar-refractivity contribution in [3.63, 3.8) is 0 Å². The van der Waals surface area contributed by atoms with Crippen molar-refractivity contribution in [1.82, 2.24) is 9.97 Å². The Bertz CT molecular complexity index is 1050. The minimum atomic E-state index is -0.0986. The molecule has 0 saturated heterocycles. The maximum atomic E-state index is 12.9. The lowest BCUT2D eigenvalue weighted by Gasteiger charge is -2.12. The lowest BCUT2D eigenvalue weighted by molar-refractivity contribution is 0.104. The Kier molecular flexibility index (Phi) is 4.41. The summed E-state index contributed by atoms with van der Waals surface area (Å²) in [5.41, 5.74) is 3.36. The molecule has 1 aliphatic rings. The zero-order valence-electron chi connectivity index (χ0n) is 14.7. The van der Waals surface area contributed by atoms with Crippen LogP contribution in [0.25, 0.3) is 11.3 Å². The first-order valence-electron chi connectivity index (χ1n) is 8.28. The van der Waals surface area contributed by atoms with Gasteiger partial charge in [-0.25, -0.2) is 0 Å². The molecule has 1 aromatic heterocycles. The molecule has 6 nitrogen and oxygen atoms in total. The van der Waals surface area contributed by atoms with Crippen LogP contribution in [-0.4, -0.2) is 30.0 Å². The van der Waals surface area contributed by atoms with Crippen LogP contribution in [-0.2, 0) is 6.54 Å². The predicted octanol–water partition coefficient (Wildman–Crippen LogP) is 3.97. The Morgan fingerprint density at radius 3 is 2.52 bits per heavy atom. The summed E-state index contributed by atoms with van der Waals surface area (Å²) in [6.45, 7) is 0.431. The van der Waals surface area contributed by atoms with Crippen molar-refractivity contribution in [3.8, 4) is 23.0 Å². The van der Waals surface area contributed by atoms with E-state index in [0.717, 1.165) is 11.1 Å². The standard InChI is InChI=1S/C20H16ClN3O3/c1-26-15-8-7-11(9-14(15)21)10-22-19-16-17(23-20(24-19)27-2)12-5-3-4-6-13(12)18(16)25/h3-9H,10H2,1-2H3,(H,22,23,24). The molecule has 0 amide bonds. The topological polar surface area (TPSA) is 73.3 Å². The highest BCUT2D eigenvalue weighted by Gasteiger charge is 2.32. The summed E-state index contributed by atoms with van der Waals surface area (Å²) in [5.74, 6) is 0.944. The van der Waals surface area contributed by atoms with Crippen molar-refractivity contribution in [3.05, 3.63) is 64.2 Å². The van der Waals surface area contributed by atoms with Crippen LogP contribution in [0.5, 0.6) is 11.8 Å². The highest BCUT2D eigenvalue weighted by Crippen LogP contribution is 2.39. The van der Waals surface area contributed by atoms with Crippen LogP contribution < -0.4 is 14.8 Å². The van der Waals surface area contributed by atoms with Crippen molar-refractivity contribution >= 4 is 23.2 Å². The number of carbonyl (C=O) groups excluding carboxylic acids is 1. The molecule has 136 valence electrons. The van der Waals surface area contributed by atoms with Gasteiger partial charge in [0.1, 0.15) is 11.6 Å². The van der Waals surface area contributed by atoms with Gasteiger partial charge >= 0.3 is 6.01 Å². The molecular weight excluding hydrogens is 366 g/mol. The Balaban J connectivity index is 1.70. The Morgan fingerprint density at radius 2 is 1.81 bits per heavy atom. The first-order chi connectivity index (χ1) is 13.1. The SMILES string of the molecule is COc1nc(NCc2ccc(OC)c(Cl)c2)c2c(n1)-c1ccccc1C2=O. The lowest BCUT2D eigenvalue weighted by Crippen LogP contribution is -2.09. The number of ether oxygens (including phenoxy) is 2. The van der Waals surface area contributed by atoms with E-state index >= 15 is 0 Å². The van der Waals surface area contributed by atoms with Crippen LogP contribution in [0.3, 0.4) is 0 Å². The molecule has 1 N–H and O–H groups in total. The van der Waals surface area contributed by atoms with E-state index in [4.69, 9.17) is 21.1 Å². The van der Waals surface area contributed by atoms with Gasteiger partial charge in [-0.3, -0.25) is 4.79 Å². The normalized spacial score (nSPS) is 11.7. The second-order valence-corrected chi connectivity index (χ2v) is 6.39. The van der Waals surface area contributed by atoms with Gasteiger partial charge in [0.05, 0.1) is 30.5 Å². The van der Waals surface area contributed by atoms with E-state index < -0.39 is 0 Å². The molecule has 0 aliphatic heterocycles. The molecule has 2 aromatic carbocycles. The largest absolute Gasteiger partial charge is 0.495 e. The highest BCUT2D eigenvalue weighted by molar-refractivity contribution is 6.32. The molecule has 0 atom stereocenters. The summed E-state index contributed by atoms with van der Waals surface area (Å²) in [4.78, 5) is 21.6. The average molecular weight is 382 g/mol. The van der Waals surface area contributed by atoms with Crippen LogP contribution in [0.1, 0.15) is 21.5 Å². The fourth-order valence-electron chi connectivity index (χ4n) is 3.10. The number of hydrogen-bond acceptors (Lipinski definition) is 6. The molecule has 0 bridgehead atoms. The zero-order chi connectivity index (χ0) is 19.0. The van der Waals surface area contributed by atoms with Crippen molar-refractivity contribution in [1.29, 1.82) is 0 Å². The molecule has 0 radical (unpaired) electrons. The Hall–Kier alpha value is -3.12. The number of anilines is 1. The summed E-state index contributed by atoms with van der Waals surface area (Å²) >= 11 is 6.18. The van der Waals surface area contributed by atoms with Crippen LogP contribution in [0, 0.1) is 0 Å². The monoisotopic (exact) mass is 381 g/mol. The number of halogens is 1. The second-order valence-electron chi connectivity index (χ2n) is 5.98. The van der Waals surface area contributed by atoms with E-state index in [1.807, 2.05) is 30.3 Å². The third-order valence-corrected chi connectivity index (χ3v) is 4.70. The molecule has 0 saturated carbocycles. The Labute approximate surface area is 161 Å². The van der Waals surface area contributed by atoms with E-state index in [1.165, 1.54) is 7.11 Å². The number of methoxy groups -OCH3 is 2. The number of aromatic nitrogens is 2. The highest BCUT2D eigenvalue weighted by atomic mass is 35.5. The molecule has 3 aromatic rings. The minimum Gasteiger partial charge on any atom is -0.495 e. The van der Waals surface area contributed by atoms with Gasteiger partial charge in [-0.1, -0.05) is 41.9 Å². The van der Waals surface area contributed by atoms with Gasteiger partial charge in [0.25, 0.3) is 0 Å². The van der Waals surface area contributed by atoms with Gasteiger partial charge in [-0.05, 0) is 17.7 Å². The summed E-state index contributed by atoms with van der Waals surface area (Å²) in [6, 6.07) is 13.1. The van der Waals surface area contributed by atoms with Gasteiger partial charge in [0, 0.05) is 17.7 Å². The molecule has 0 unspecified atom stereocenters. The van der Waals surface area contributed by atoms with Gasteiger partial charge < -0.3 is 14.8 Å². The molecule has 4 rings (SSSR count). The van der Waals surface area contributed by atoms with E-state index in [9.17, 15) is 4.79 Å². The van der Waals surface area contributed by atoms with Crippen molar-refractivity contribution < 1.29 is 14.3 Å². The van der Waals surface area contributed by atoms with Gasteiger partial charge in [0.15, 0.2) is 5.78 Å². The number of fused-ring (bicyclic) bond motifs is 3. The van der Waals surface area contributed by atoms with Crippen LogP contribution in [0.4, 0.5) is 5.82 Å². The van der Waals surface area contributed by atoms with Crippen LogP contribution in [0.15, 0.2) is 42.5 Å². The smallest absolute Gasteiger partial charge is 0.318 e. The maximum absolute atomic E-state index is 12.9. The number of benzene rings is 2. The summed E-state index contributed by atoms with van der Waals surface area (Å²) in [7, 11) is 3.07. The molecule has 7 heteroatoms. The van der Waals surface area contributed by atoms with Gasteiger partial charge in [-0.15, -0.1) is 0 Å². The maximum Gasteiger partial charge on any atom is 0.318 e. The molecule has 27 heavy (non-hydrogen) atoms. The summed E-state index contributed by atoms with van der Waals surface area (Å²) in [5, 5.41) is 3.73. The molecular formula is C20H16ClN3O3. The van der Waals surface area contributed by atoms with Crippen LogP contribution in [0.2, 0.25) is 5.02 Å². The number of hydrogen-bond donors (Lipinski definition) is 1. The van der Waals surface area contributed by atoms with Crippen molar-refractivity contribution in [2.24, 2.45) is 0 Å². The van der Waals surface area contributed by atoms with Crippen molar-refractivity contribution in [2.75, 3.05) is 19.5 Å². The summed E-state index contributed by atoms with van der Waals surface area (Å²) < 4.78 is 10.4. The molecule has 1 aliphatic carbocycles. The quantitative estimate of drug-likeness (QED) is 0.564. The second kappa shape index (κ2) is 6.89. The Morgan fingerprint density at radius 1 is 1.04 bits per heavy atom.